The minimum absolute atomic E-state index is 0.544. The van der Waals surface area contributed by atoms with E-state index >= 15 is 0 Å². The fraction of sp³-hybridized carbons (Fsp3) is 0.0526. The first-order valence-electron chi connectivity index (χ1n) is 27.0. The quantitative estimate of drug-likeness (QED) is 0.156. The van der Waals surface area contributed by atoms with Gasteiger partial charge in [-0.2, -0.15) is 0 Å². The van der Waals surface area contributed by atoms with Crippen LogP contribution in [0.15, 0.2) is 278 Å². The van der Waals surface area contributed by atoms with E-state index in [2.05, 4.69) is 269 Å². The van der Waals surface area contributed by atoms with Crippen molar-refractivity contribution in [1.29, 1.82) is 0 Å². The van der Waals surface area contributed by atoms with E-state index in [-0.39, 0.29) is 0 Å². The van der Waals surface area contributed by atoms with Gasteiger partial charge in [0.2, 0.25) is 0 Å². The number of fused-ring (bicyclic) bond motifs is 13. The summed E-state index contributed by atoms with van der Waals surface area (Å²) in [5, 5.41) is 4.69. The Morgan fingerprint density at radius 2 is 0.974 bits per heavy atom. The van der Waals surface area contributed by atoms with Gasteiger partial charge in [-0.15, -0.1) is 0 Å². The highest BCUT2D eigenvalue weighted by Gasteiger charge is 2.52. The van der Waals surface area contributed by atoms with Crippen molar-refractivity contribution in [1.82, 2.24) is 4.57 Å². The lowest BCUT2D eigenvalue weighted by Crippen LogP contribution is -2.26. The summed E-state index contributed by atoms with van der Waals surface area (Å²) in [6.45, 7) is 15.3. The van der Waals surface area contributed by atoms with Crippen LogP contribution in [0.25, 0.3) is 111 Å². The molecular weight excluding hydrogens is 943 g/mol. The average molecular weight is 998 g/mol. The summed E-state index contributed by atoms with van der Waals surface area (Å²) in [4.78, 5) is 0. The third-order valence-electron chi connectivity index (χ3n) is 16.6. The van der Waals surface area contributed by atoms with Gasteiger partial charge in [-0.25, -0.2) is 0 Å². The Labute approximate surface area is 455 Å². The Kier molecular flexibility index (Phi) is 11.1. The first kappa shape index (κ1) is 46.7. The van der Waals surface area contributed by atoms with E-state index < -0.39 is 5.41 Å². The molecule has 15 rings (SSSR count). The Morgan fingerprint density at radius 3 is 1.76 bits per heavy atom. The summed E-state index contributed by atoms with van der Waals surface area (Å²) < 4.78 is 8.97. The molecule has 0 saturated carbocycles. The lowest BCUT2D eigenvalue weighted by atomic mass is 9.69. The zero-order chi connectivity index (χ0) is 52.6. The van der Waals surface area contributed by atoms with Crippen LogP contribution in [0.4, 0.5) is 0 Å². The van der Waals surface area contributed by atoms with Crippen molar-refractivity contribution in [2.24, 2.45) is 0 Å². The van der Waals surface area contributed by atoms with Gasteiger partial charge in [0.1, 0.15) is 11.2 Å². The number of aryl methyl sites for hydroxylation is 3. The zero-order valence-electron chi connectivity index (χ0n) is 44.0. The second kappa shape index (κ2) is 18.5. The lowest BCUT2D eigenvalue weighted by molar-refractivity contribution is 0.670. The first-order chi connectivity index (χ1) is 38.3. The van der Waals surface area contributed by atoms with Gasteiger partial charge in [0.05, 0.1) is 16.4 Å². The minimum atomic E-state index is -0.544. The maximum Gasteiger partial charge on any atom is 0.143 e. The predicted molar refractivity (Wildman–Crippen MR) is 330 cm³/mol. The molecule has 2 aliphatic carbocycles. The van der Waals surface area contributed by atoms with Crippen LogP contribution in [-0.2, 0) is 5.41 Å². The summed E-state index contributed by atoms with van der Waals surface area (Å²) in [7, 11) is 0. The second-order valence-corrected chi connectivity index (χ2v) is 21.0. The van der Waals surface area contributed by atoms with Gasteiger partial charge in [-0.1, -0.05) is 225 Å². The summed E-state index contributed by atoms with van der Waals surface area (Å²) in [5.41, 5.74) is 28.1. The first-order valence-corrected chi connectivity index (χ1v) is 27.0. The molecule has 2 heterocycles. The molecule has 2 nitrogen and oxygen atoms in total. The molecule has 11 aromatic carbocycles. The highest BCUT2D eigenvalue weighted by atomic mass is 16.3. The van der Waals surface area contributed by atoms with Crippen molar-refractivity contribution in [2.75, 3.05) is 0 Å². The number of allylic oxidation sites excluding steroid dienone is 4. The summed E-state index contributed by atoms with van der Waals surface area (Å²) in [6.07, 6.45) is 4.09. The van der Waals surface area contributed by atoms with Gasteiger partial charge >= 0.3 is 0 Å². The third kappa shape index (κ3) is 7.17. The smallest absolute Gasteiger partial charge is 0.143 e. The van der Waals surface area contributed by atoms with Crippen LogP contribution >= 0.6 is 0 Å². The second-order valence-electron chi connectivity index (χ2n) is 21.0. The molecule has 0 radical (unpaired) electrons. The van der Waals surface area contributed by atoms with Crippen molar-refractivity contribution < 1.29 is 4.42 Å². The predicted octanol–water partition coefficient (Wildman–Crippen LogP) is 20.4. The number of para-hydroxylation sites is 2. The standard InChI is InChI=1S/C63H43NO.C13H12/c1-5-44-47-18-9-12-23-56(47)63(55(44)6-2)57-24-13-10-19-48(57)52-36-54-53-35-42(41-27-26-39(4)51(34-41)45-17-8-7-16-38(45)3)30-33-59(53)64(60(54)37-58(52)63)43-31-28-40(29-32-43)46-21-15-22-50-49-20-11-14-25-61(49)65-62(46)50;1-11-6-5-9-13(10-11)12-7-3-2-4-8-12/h5-37H,1-2H2,3-4H3;2-10H,1H3. The van der Waals surface area contributed by atoms with E-state index in [0.29, 0.717) is 0 Å². The van der Waals surface area contributed by atoms with Crippen LogP contribution in [0, 0.1) is 20.8 Å². The molecule has 1 spiro atoms. The Hall–Kier alpha value is -9.76. The number of aromatic nitrogens is 1. The van der Waals surface area contributed by atoms with Crippen LogP contribution in [0.2, 0.25) is 0 Å². The molecule has 0 bridgehead atoms. The van der Waals surface area contributed by atoms with Crippen molar-refractivity contribution in [2.45, 2.75) is 26.2 Å². The van der Waals surface area contributed by atoms with Crippen molar-refractivity contribution >= 4 is 49.3 Å². The van der Waals surface area contributed by atoms with E-state index in [9.17, 15) is 0 Å². The largest absolute Gasteiger partial charge is 0.455 e. The van der Waals surface area contributed by atoms with Crippen molar-refractivity contribution in [3.8, 4) is 61.3 Å². The molecule has 1 atom stereocenters. The summed E-state index contributed by atoms with van der Waals surface area (Å²) in [6, 6.07) is 88.2. The van der Waals surface area contributed by atoms with Crippen LogP contribution < -0.4 is 0 Å². The number of hydrogen-bond donors (Lipinski definition) is 0. The maximum absolute atomic E-state index is 6.50. The highest BCUT2D eigenvalue weighted by molar-refractivity contribution is 6.14. The minimum Gasteiger partial charge on any atom is -0.455 e. The third-order valence-corrected chi connectivity index (χ3v) is 16.6. The zero-order valence-corrected chi connectivity index (χ0v) is 44.0. The van der Waals surface area contributed by atoms with E-state index in [1.54, 1.807) is 0 Å². The van der Waals surface area contributed by atoms with Gasteiger partial charge in [0, 0.05) is 32.8 Å². The molecule has 2 aromatic heterocycles. The Bertz CT molecular complexity index is 4620. The number of nitrogens with zero attached hydrogens (tertiary/aromatic N) is 1. The number of hydrogen-bond acceptors (Lipinski definition) is 1. The van der Waals surface area contributed by atoms with Crippen molar-refractivity contribution in [3.63, 3.8) is 0 Å². The molecule has 0 fully saturated rings. The van der Waals surface area contributed by atoms with E-state index in [1.165, 1.54) is 99.8 Å². The normalized spacial score (nSPS) is 14.2. The molecule has 13 aromatic rings. The van der Waals surface area contributed by atoms with E-state index in [4.69, 9.17) is 4.42 Å². The number of rotatable bonds is 7. The molecule has 0 saturated heterocycles. The molecule has 2 heteroatoms. The molecule has 370 valence electrons. The molecular formula is C76H55NO. The Balaban J connectivity index is 0.000000372. The molecule has 0 N–H and O–H groups in total. The van der Waals surface area contributed by atoms with Crippen LogP contribution in [0.3, 0.4) is 0 Å². The Morgan fingerprint density at radius 1 is 0.372 bits per heavy atom. The van der Waals surface area contributed by atoms with Gasteiger partial charge in [0.25, 0.3) is 0 Å². The number of benzene rings is 11. The molecule has 0 amide bonds. The van der Waals surface area contributed by atoms with Gasteiger partial charge < -0.3 is 8.98 Å². The fourth-order valence-electron chi connectivity index (χ4n) is 13.0. The van der Waals surface area contributed by atoms with Crippen LogP contribution in [0.5, 0.6) is 0 Å². The molecule has 78 heavy (non-hydrogen) atoms. The SMILES string of the molecule is C=CC1=C(C=C)C2(c3ccccc31)c1ccccc1-c1cc3c4cc(-c5ccc(C)c(-c6ccccc6C)c5)ccc4n(-c4ccc(-c5cccc6c5oc5ccccc56)cc4)c3cc12.Cc1cccc(-c2ccccc2)c1. The maximum atomic E-state index is 6.50. The lowest BCUT2D eigenvalue weighted by Gasteiger charge is -2.31. The van der Waals surface area contributed by atoms with Gasteiger partial charge in [-0.05, 0) is 164 Å². The molecule has 0 aliphatic heterocycles. The van der Waals surface area contributed by atoms with Gasteiger partial charge in [0.15, 0.2) is 0 Å². The summed E-state index contributed by atoms with van der Waals surface area (Å²) in [5.74, 6) is 0. The topological polar surface area (TPSA) is 18.1 Å². The van der Waals surface area contributed by atoms with Gasteiger partial charge in [-0.3, -0.25) is 0 Å². The molecule has 2 aliphatic rings. The molecule has 1 unspecified atom stereocenters. The monoisotopic (exact) mass is 997 g/mol. The highest BCUT2D eigenvalue weighted by Crippen LogP contribution is 2.63. The summed E-state index contributed by atoms with van der Waals surface area (Å²) >= 11 is 0. The van der Waals surface area contributed by atoms with Crippen LogP contribution in [-0.4, -0.2) is 4.57 Å². The fourth-order valence-corrected chi connectivity index (χ4v) is 13.0. The van der Waals surface area contributed by atoms with Crippen LogP contribution in [0.1, 0.15) is 38.9 Å². The average Bonchev–Trinajstić information content (AvgIpc) is 4.38. The van der Waals surface area contributed by atoms with Crippen molar-refractivity contribution in [3.05, 3.63) is 312 Å². The van der Waals surface area contributed by atoms with E-state index in [1.807, 2.05) is 24.3 Å². The van der Waals surface area contributed by atoms with E-state index in [0.717, 1.165) is 55.4 Å². The number of furan rings is 1.